The van der Waals surface area contributed by atoms with Crippen molar-refractivity contribution in [2.45, 2.75) is 50.5 Å². The first-order valence-electron chi connectivity index (χ1n) is 8.26. The SMILES string of the molecule is CN=C(NCC1(c2ccccc2)CCCC1)NC1CC1C.I. The molecule has 4 heteroatoms. The van der Waals surface area contributed by atoms with Gasteiger partial charge in [-0.15, -0.1) is 24.0 Å². The highest BCUT2D eigenvalue weighted by Gasteiger charge is 2.37. The van der Waals surface area contributed by atoms with E-state index in [0.29, 0.717) is 6.04 Å². The summed E-state index contributed by atoms with van der Waals surface area (Å²) in [4.78, 5) is 4.38. The van der Waals surface area contributed by atoms with Gasteiger partial charge in [-0.05, 0) is 30.7 Å². The van der Waals surface area contributed by atoms with Gasteiger partial charge in [-0.3, -0.25) is 4.99 Å². The Bertz CT molecular complexity index is 494. The van der Waals surface area contributed by atoms with Crippen LogP contribution in [0.25, 0.3) is 0 Å². The van der Waals surface area contributed by atoms with Gasteiger partial charge in [0.2, 0.25) is 0 Å². The van der Waals surface area contributed by atoms with Gasteiger partial charge in [0.1, 0.15) is 0 Å². The second-order valence-electron chi connectivity index (χ2n) is 6.74. The Hall–Kier alpha value is -0.780. The first-order valence-corrected chi connectivity index (χ1v) is 8.26. The van der Waals surface area contributed by atoms with Crippen LogP contribution < -0.4 is 10.6 Å². The van der Waals surface area contributed by atoms with Crippen LogP contribution in [0.5, 0.6) is 0 Å². The Labute approximate surface area is 151 Å². The van der Waals surface area contributed by atoms with Crippen LogP contribution in [0.15, 0.2) is 35.3 Å². The third-order valence-electron chi connectivity index (χ3n) is 5.20. The fraction of sp³-hybridized carbons (Fsp3) is 0.611. The maximum atomic E-state index is 4.38. The average Bonchev–Trinajstić information content (AvgIpc) is 3.03. The summed E-state index contributed by atoms with van der Waals surface area (Å²) in [6, 6.07) is 11.6. The molecule has 0 saturated heterocycles. The summed E-state index contributed by atoms with van der Waals surface area (Å²) < 4.78 is 0. The second-order valence-corrected chi connectivity index (χ2v) is 6.74. The zero-order valence-corrected chi connectivity index (χ0v) is 16.0. The molecule has 0 heterocycles. The van der Waals surface area contributed by atoms with Crippen LogP contribution >= 0.6 is 24.0 Å². The van der Waals surface area contributed by atoms with Crippen molar-refractivity contribution in [1.29, 1.82) is 0 Å². The van der Waals surface area contributed by atoms with Gasteiger partial charge in [-0.25, -0.2) is 0 Å². The predicted octanol–water partition coefficient (Wildman–Crippen LogP) is 3.69. The van der Waals surface area contributed by atoms with Crippen molar-refractivity contribution in [2.24, 2.45) is 10.9 Å². The van der Waals surface area contributed by atoms with E-state index in [2.05, 4.69) is 52.9 Å². The third kappa shape index (κ3) is 3.94. The molecular weight excluding hydrogens is 385 g/mol. The number of halogens is 1. The number of guanidine groups is 1. The average molecular weight is 413 g/mol. The van der Waals surface area contributed by atoms with Crippen LogP contribution in [0.1, 0.15) is 44.6 Å². The largest absolute Gasteiger partial charge is 0.356 e. The Kier molecular flexibility index (Phi) is 6.12. The van der Waals surface area contributed by atoms with E-state index in [4.69, 9.17) is 0 Å². The maximum absolute atomic E-state index is 4.38. The van der Waals surface area contributed by atoms with Crippen molar-refractivity contribution >= 4 is 29.9 Å². The summed E-state index contributed by atoms with van der Waals surface area (Å²) in [7, 11) is 1.87. The van der Waals surface area contributed by atoms with Gasteiger partial charge in [-0.1, -0.05) is 50.1 Å². The molecule has 0 aliphatic heterocycles. The van der Waals surface area contributed by atoms with Gasteiger partial charge in [0.15, 0.2) is 5.96 Å². The van der Waals surface area contributed by atoms with Crippen LogP contribution in [-0.4, -0.2) is 25.6 Å². The van der Waals surface area contributed by atoms with Crippen molar-refractivity contribution < 1.29 is 0 Å². The lowest BCUT2D eigenvalue weighted by Crippen LogP contribution is -2.45. The van der Waals surface area contributed by atoms with Crippen molar-refractivity contribution in [3.63, 3.8) is 0 Å². The Morgan fingerprint density at radius 2 is 1.86 bits per heavy atom. The Morgan fingerprint density at radius 3 is 2.41 bits per heavy atom. The van der Waals surface area contributed by atoms with E-state index >= 15 is 0 Å². The van der Waals surface area contributed by atoms with Gasteiger partial charge in [-0.2, -0.15) is 0 Å². The van der Waals surface area contributed by atoms with Gasteiger partial charge in [0, 0.05) is 25.0 Å². The van der Waals surface area contributed by atoms with E-state index in [0.717, 1.165) is 18.4 Å². The zero-order chi connectivity index (χ0) is 14.7. The maximum Gasteiger partial charge on any atom is 0.191 e. The van der Waals surface area contributed by atoms with Gasteiger partial charge in [0.05, 0.1) is 0 Å². The molecule has 2 aliphatic carbocycles. The molecule has 122 valence electrons. The van der Waals surface area contributed by atoms with E-state index < -0.39 is 0 Å². The number of rotatable bonds is 4. The molecule has 0 radical (unpaired) electrons. The number of nitrogens with one attached hydrogen (secondary N) is 2. The van der Waals surface area contributed by atoms with Crippen molar-refractivity contribution in [2.75, 3.05) is 13.6 Å². The molecule has 0 spiro atoms. The third-order valence-corrected chi connectivity index (χ3v) is 5.20. The minimum atomic E-state index is 0. The van der Waals surface area contributed by atoms with Gasteiger partial charge < -0.3 is 10.6 Å². The minimum Gasteiger partial charge on any atom is -0.356 e. The highest BCUT2D eigenvalue weighted by Crippen LogP contribution is 2.40. The summed E-state index contributed by atoms with van der Waals surface area (Å²) in [5, 5.41) is 7.10. The summed E-state index contributed by atoms with van der Waals surface area (Å²) in [6.07, 6.45) is 6.50. The number of benzene rings is 1. The van der Waals surface area contributed by atoms with E-state index in [1.807, 2.05) is 7.05 Å². The van der Waals surface area contributed by atoms with Crippen molar-refractivity contribution in [1.82, 2.24) is 10.6 Å². The standard InChI is InChI=1S/C18H27N3.HI/c1-14-12-16(14)21-17(19-2)20-13-18(10-6-7-11-18)15-8-4-3-5-9-15;/h3-5,8-9,14,16H,6-7,10-13H2,1-2H3,(H2,19,20,21);1H. The predicted molar refractivity (Wildman–Crippen MR) is 104 cm³/mol. The normalized spacial score (nSPS) is 26.2. The highest BCUT2D eigenvalue weighted by molar-refractivity contribution is 14.0. The Balaban J connectivity index is 0.00000176. The molecule has 3 nitrogen and oxygen atoms in total. The summed E-state index contributed by atoms with van der Waals surface area (Å²) in [5.74, 6) is 1.75. The molecule has 22 heavy (non-hydrogen) atoms. The van der Waals surface area contributed by atoms with Crippen molar-refractivity contribution in [3.8, 4) is 0 Å². The molecule has 2 fully saturated rings. The zero-order valence-electron chi connectivity index (χ0n) is 13.6. The van der Waals surface area contributed by atoms with Gasteiger partial charge >= 0.3 is 0 Å². The summed E-state index contributed by atoms with van der Waals surface area (Å²) in [5.41, 5.74) is 1.76. The molecule has 0 aromatic heterocycles. The lowest BCUT2D eigenvalue weighted by Gasteiger charge is -2.30. The van der Waals surface area contributed by atoms with Crippen LogP contribution in [0.3, 0.4) is 0 Å². The molecule has 0 amide bonds. The van der Waals surface area contributed by atoms with E-state index in [-0.39, 0.29) is 29.4 Å². The highest BCUT2D eigenvalue weighted by atomic mass is 127. The van der Waals surface area contributed by atoms with Crippen LogP contribution in [0, 0.1) is 5.92 Å². The first-order chi connectivity index (χ1) is 10.2. The summed E-state index contributed by atoms with van der Waals surface area (Å²) >= 11 is 0. The van der Waals surface area contributed by atoms with Crippen LogP contribution in [0.4, 0.5) is 0 Å². The van der Waals surface area contributed by atoms with Crippen molar-refractivity contribution in [3.05, 3.63) is 35.9 Å². The lowest BCUT2D eigenvalue weighted by atomic mass is 9.79. The molecule has 2 saturated carbocycles. The minimum absolute atomic E-state index is 0. The second kappa shape index (κ2) is 7.66. The number of aliphatic imine (C=N–C) groups is 1. The molecular formula is C18H28IN3. The topological polar surface area (TPSA) is 36.4 Å². The number of hydrogen-bond acceptors (Lipinski definition) is 1. The molecule has 1 aromatic carbocycles. The van der Waals surface area contributed by atoms with E-state index in [1.54, 1.807) is 0 Å². The molecule has 0 bridgehead atoms. The monoisotopic (exact) mass is 413 g/mol. The quantitative estimate of drug-likeness (QED) is 0.449. The van der Waals surface area contributed by atoms with E-state index in [9.17, 15) is 0 Å². The first kappa shape index (κ1) is 17.6. The molecule has 2 unspecified atom stereocenters. The fourth-order valence-corrected chi connectivity index (χ4v) is 3.56. The molecule has 2 N–H and O–H groups in total. The molecule has 1 aromatic rings. The van der Waals surface area contributed by atoms with Crippen LogP contribution in [-0.2, 0) is 5.41 Å². The van der Waals surface area contributed by atoms with Gasteiger partial charge in [0.25, 0.3) is 0 Å². The molecule has 2 atom stereocenters. The molecule has 2 aliphatic rings. The molecule has 3 rings (SSSR count). The van der Waals surface area contributed by atoms with E-state index in [1.165, 1.54) is 37.7 Å². The van der Waals surface area contributed by atoms with Crippen LogP contribution in [0.2, 0.25) is 0 Å². The summed E-state index contributed by atoms with van der Waals surface area (Å²) in [6.45, 7) is 3.27. The fourth-order valence-electron chi connectivity index (χ4n) is 3.56. The smallest absolute Gasteiger partial charge is 0.191 e. The Morgan fingerprint density at radius 1 is 1.23 bits per heavy atom. The number of nitrogens with zero attached hydrogens (tertiary/aromatic N) is 1. The number of hydrogen-bond donors (Lipinski definition) is 2. The lowest BCUT2D eigenvalue weighted by molar-refractivity contribution is 0.431.